The number of ether oxygens (including phenoxy) is 1. The van der Waals surface area contributed by atoms with Gasteiger partial charge in [-0.15, -0.1) is 0 Å². The lowest BCUT2D eigenvalue weighted by molar-refractivity contribution is -0.132. The zero-order valence-corrected chi connectivity index (χ0v) is 17.2. The summed E-state index contributed by atoms with van der Waals surface area (Å²) in [5.74, 6) is 0.550. The van der Waals surface area contributed by atoms with Crippen LogP contribution in [0.3, 0.4) is 0 Å². The van der Waals surface area contributed by atoms with Gasteiger partial charge in [0.1, 0.15) is 11.6 Å². The molecule has 1 saturated heterocycles. The Balaban J connectivity index is 1.36. The van der Waals surface area contributed by atoms with E-state index in [2.05, 4.69) is 17.8 Å². The van der Waals surface area contributed by atoms with E-state index in [0.717, 1.165) is 42.6 Å². The van der Waals surface area contributed by atoms with E-state index in [1.807, 2.05) is 43.4 Å². The summed E-state index contributed by atoms with van der Waals surface area (Å²) in [4.78, 5) is 14.1. The monoisotopic (exact) mass is 399 g/mol. The number of nitrogens with zero attached hydrogens (tertiary/aromatic N) is 1. The van der Waals surface area contributed by atoms with Crippen molar-refractivity contribution in [3.63, 3.8) is 0 Å². The Labute approximate surface area is 172 Å². The van der Waals surface area contributed by atoms with Gasteiger partial charge in [0.2, 0.25) is 0 Å². The standard InChI is InChI=1S/C23H30FN3O2/c1-3-17-7-4-5-9-22(17)29-16-23(28)27(2)14-6-8-20-15-21(26-25-20)18-10-12-19(24)13-11-18/h4-5,7,9-13,20-21,25-26H,3,6,8,14-16H2,1-2H3. The minimum absolute atomic E-state index is 0.0161. The molecule has 6 heteroatoms. The molecule has 1 amide bonds. The molecule has 0 saturated carbocycles. The third-order valence-corrected chi connectivity index (χ3v) is 5.43. The predicted molar refractivity (Wildman–Crippen MR) is 112 cm³/mol. The number of hydrogen-bond acceptors (Lipinski definition) is 4. The molecule has 1 aliphatic rings. The van der Waals surface area contributed by atoms with Gasteiger partial charge in [0.25, 0.3) is 5.91 Å². The lowest BCUT2D eigenvalue weighted by Crippen LogP contribution is -2.34. The molecule has 0 radical (unpaired) electrons. The number of carbonyl (C=O) groups is 1. The first-order chi connectivity index (χ1) is 14.1. The first-order valence-electron chi connectivity index (χ1n) is 10.3. The maximum absolute atomic E-state index is 13.1. The molecular weight excluding hydrogens is 369 g/mol. The van der Waals surface area contributed by atoms with Crippen molar-refractivity contribution in [2.45, 2.75) is 44.7 Å². The molecular formula is C23H30FN3O2. The van der Waals surface area contributed by atoms with Crippen molar-refractivity contribution in [3.8, 4) is 5.75 Å². The van der Waals surface area contributed by atoms with Crippen molar-refractivity contribution in [1.82, 2.24) is 15.8 Å². The normalized spacial score (nSPS) is 18.6. The zero-order valence-electron chi connectivity index (χ0n) is 17.2. The van der Waals surface area contributed by atoms with Crippen molar-refractivity contribution in [2.24, 2.45) is 0 Å². The lowest BCUT2D eigenvalue weighted by Gasteiger charge is -2.19. The molecule has 2 aromatic rings. The highest BCUT2D eigenvalue weighted by atomic mass is 19.1. The number of amides is 1. The third kappa shape index (κ3) is 6.02. The van der Waals surface area contributed by atoms with E-state index in [0.29, 0.717) is 12.6 Å². The summed E-state index contributed by atoms with van der Waals surface area (Å²) in [6, 6.07) is 15.0. The van der Waals surface area contributed by atoms with Crippen molar-refractivity contribution >= 4 is 5.91 Å². The molecule has 2 atom stereocenters. The van der Waals surface area contributed by atoms with Crippen molar-refractivity contribution in [3.05, 3.63) is 65.5 Å². The van der Waals surface area contributed by atoms with Crippen LogP contribution in [-0.2, 0) is 11.2 Å². The average Bonchev–Trinajstić information content (AvgIpc) is 3.21. The summed E-state index contributed by atoms with van der Waals surface area (Å²) in [5.41, 5.74) is 8.78. The molecule has 2 aromatic carbocycles. The molecule has 29 heavy (non-hydrogen) atoms. The number of benzene rings is 2. The Morgan fingerprint density at radius 1 is 1.17 bits per heavy atom. The number of para-hydroxylation sites is 1. The number of hydrogen-bond donors (Lipinski definition) is 2. The first kappa shape index (κ1) is 21.3. The van der Waals surface area contributed by atoms with Crippen LogP contribution >= 0.6 is 0 Å². The highest BCUT2D eigenvalue weighted by Gasteiger charge is 2.24. The van der Waals surface area contributed by atoms with Crippen LogP contribution in [0.25, 0.3) is 0 Å². The average molecular weight is 400 g/mol. The molecule has 156 valence electrons. The number of carbonyl (C=O) groups excluding carboxylic acids is 1. The van der Waals surface area contributed by atoms with Crippen LogP contribution in [0.5, 0.6) is 5.75 Å². The van der Waals surface area contributed by atoms with Gasteiger partial charge in [0.15, 0.2) is 6.61 Å². The molecule has 0 spiro atoms. The van der Waals surface area contributed by atoms with Crippen molar-refractivity contribution < 1.29 is 13.9 Å². The van der Waals surface area contributed by atoms with Gasteiger partial charge in [-0.05, 0) is 55.0 Å². The molecule has 1 heterocycles. The van der Waals surface area contributed by atoms with Gasteiger partial charge >= 0.3 is 0 Å². The Morgan fingerprint density at radius 2 is 1.93 bits per heavy atom. The number of hydrazine groups is 1. The maximum atomic E-state index is 13.1. The van der Waals surface area contributed by atoms with E-state index < -0.39 is 0 Å². The highest BCUT2D eigenvalue weighted by Crippen LogP contribution is 2.24. The molecule has 0 bridgehead atoms. The first-order valence-corrected chi connectivity index (χ1v) is 10.3. The quantitative estimate of drug-likeness (QED) is 0.676. The summed E-state index contributed by atoms with van der Waals surface area (Å²) < 4.78 is 18.8. The van der Waals surface area contributed by atoms with Gasteiger partial charge in [0.05, 0.1) is 0 Å². The van der Waals surface area contributed by atoms with Crippen LogP contribution in [0.1, 0.15) is 43.4 Å². The molecule has 2 unspecified atom stereocenters. The second kappa shape index (κ2) is 10.4. The predicted octanol–water partition coefficient (Wildman–Crippen LogP) is 3.61. The SMILES string of the molecule is CCc1ccccc1OCC(=O)N(C)CCCC1CC(c2ccc(F)cc2)NN1. The second-order valence-electron chi connectivity index (χ2n) is 7.53. The van der Waals surface area contributed by atoms with Gasteiger partial charge in [-0.1, -0.05) is 37.3 Å². The maximum Gasteiger partial charge on any atom is 0.260 e. The van der Waals surface area contributed by atoms with Gasteiger partial charge in [-0.2, -0.15) is 0 Å². The van der Waals surface area contributed by atoms with Crippen LogP contribution in [-0.4, -0.2) is 37.0 Å². The largest absolute Gasteiger partial charge is 0.483 e. The van der Waals surface area contributed by atoms with Crippen molar-refractivity contribution in [1.29, 1.82) is 0 Å². The number of rotatable bonds is 9. The summed E-state index contributed by atoms with van der Waals surface area (Å²) >= 11 is 0. The Kier molecular flexibility index (Phi) is 7.61. The fourth-order valence-electron chi connectivity index (χ4n) is 3.61. The van der Waals surface area contributed by atoms with Crippen LogP contribution in [0.4, 0.5) is 4.39 Å². The van der Waals surface area contributed by atoms with Crippen LogP contribution < -0.4 is 15.6 Å². The molecule has 3 rings (SSSR count). The van der Waals surface area contributed by atoms with E-state index in [4.69, 9.17) is 4.74 Å². The highest BCUT2D eigenvalue weighted by molar-refractivity contribution is 5.77. The van der Waals surface area contributed by atoms with E-state index in [1.165, 1.54) is 12.1 Å². The van der Waals surface area contributed by atoms with E-state index in [9.17, 15) is 9.18 Å². The number of likely N-dealkylation sites (N-methyl/N-ethyl adjacent to an activating group) is 1. The fraction of sp³-hybridized carbons (Fsp3) is 0.435. The van der Waals surface area contributed by atoms with E-state index in [1.54, 1.807) is 4.90 Å². The van der Waals surface area contributed by atoms with Crippen molar-refractivity contribution in [2.75, 3.05) is 20.2 Å². The minimum atomic E-state index is -0.217. The molecule has 1 aliphatic heterocycles. The van der Waals surface area contributed by atoms with E-state index in [-0.39, 0.29) is 24.4 Å². The summed E-state index contributed by atoms with van der Waals surface area (Å²) in [6.07, 6.45) is 3.69. The number of nitrogens with one attached hydrogen (secondary N) is 2. The zero-order chi connectivity index (χ0) is 20.6. The van der Waals surface area contributed by atoms with Gasteiger partial charge in [0, 0.05) is 25.7 Å². The topological polar surface area (TPSA) is 53.6 Å². The molecule has 1 fully saturated rings. The van der Waals surface area contributed by atoms with Gasteiger partial charge < -0.3 is 9.64 Å². The molecule has 0 aromatic heterocycles. The third-order valence-electron chi connectivity index (χ3n) is 5.43. The second-order valence-corrected chi connectivity index (χ2v) is 7.53. The Morgan fingerprint density at radius 3 is 2.69 bits per heavy atom. The van der Waals surface area contributed by atoms with Crippen LogP contribution in [0.2, 0.25) is 0 Å². The number of halogens is 1. The molecule has 2 N–H and O–H groups in total. The van der Waals surface area contributed by atoms with Crippen LogP contribution in [0, 0.1) is 5.82 Å². The smallest absolute Gasteiger partial charge is 0.260 e. The summed E-state index contributed by atoms with van der Waals surface area (Å²) in [6.45, 7) is 2.82. The molecule has 0 aliphatic carbocycles. The summed E-state index contributed by atoms with van der Waals surface area (Å²) in [7, 11) is 1.82. The summed E-state index contributed by atoms with van der Waals surface area (Å²) in [5, 5.41) is 0. The molecule has 5 nitrogen and oxygen atoms in total. The fourth-order valence-corrected chi connectivity index (χ4v) is 3.61. The number of aryl methyl sites for hydroxylation is 1. The van der Waals surface area contributed by atoms with Gasteiger partial charge in [-0.3, -0.25) is 15.6 Å². The van der Waals surface area contributed by atoms with Gasteiger partial charge in [-0.25, -0.2) is 4.39 Å². The Bertz CT molecular complexity index is 797. The van der Waals surface area contributed by atoms with Crippen LogP contribution in [0.15, 0.2) is 48.5 Å². The lowest BCUT2D eigenvalue weighted by atomic mass is 9.99. The van der Waals surface area contributed by atoms with E-state index >= 15 is 0 Å². The Hall–Kier alpha value is -2.44. The minimum Gasteiger partial charge on any atom is -0.483 e.